The molecule has 2 heterocycles. The van der Waals surface area contributed by atoms with Crippen molar-refractivity contribution in [2.24, 2.45) is 0 Å². The Labute approximate surface area is 107 Å². The summed E-state index contributed by atoms with van der Waals surface area (Å²) in [7, 11) is 0. The number of rotatable bonds is 4. The predicted octanol–water partition coefficient (Wildman–Crippen LogP) is 4.70. The largest absolute Gasteiger partial charge is 0.488 e. The van der Waals surface area contributed by atoms with Crippen LogP contribution in [0.5, 0.6) is 0 Å². The first-order valence-corrected chi connectivity index (χ1v) is 7.53. The van der Waals surface area contributed by atoms with Crippen LogP contribution in [0.3, 0.4) is 0 Å². The van der Waals surface area contributed by atoms with Gasteiger partial charge in [0, 0.05) is 0 Å². The van der Waals surface area contributed by atoms with Crippen LogP contribution >= 0.6 is 39.0 Å². The lowest BCUT2D eigenvalue weighted by atomic mass is 10.2. The highest BCUT2D eigenvalue weighted by Gasteiger charge is 2.35. The first-order valence-electron chi connectivity index (χ1n) is 4.98. The molecule has 0 aliphatic carbocycles. The Morgan fingerprint density at radius 3 is 3.13 bits per heavy atom. The van der Waals surface area contributed by atoms with Gasteiger partial charge in [-0.05, 0) is 41.3 Å². The molecule has 1 unspecified atom stereocenters. The Bertz CT molecular complexity index is 347. The average Bonchev–Trinajstić information content (AvgIpc) is 2.84. The maximum absolute atomic E-state index is 5.64. The van der Waals surface area contributed by atoms with Gasteiger partial charge in [-0.3, -0.25) is 0 Å². The van der Waals surface area contributed by atoms with Crippen LogP contribution in [0.1, 0.15) is 25.3 Å². The van der Waals surface area contributed by atoms with Gasteiger partial charge in [0.05, 0.1) is 6.61 Å². The number of thioether (sulfide) groups is 1. The second kappa shape index (κ2) is 4.93. The fourth-order valence-electron chi connectivity index (χ4n) is 1.40. The van der Waals surface area contributed by atoms with Crippen LogP contribution in [0.25, 0.3) is 0 Å². The number of hydrogen-bond acceptors (Lipinski definition) is 3. The lowest BCUT2D eigenvalue weighted by molar-refractivity contribution is 0.239. The first kappa shape index (κ1) is 11.6. The van der Waals surface area contributed by atoms with E-state index in [9.17, 15) is 0 Å². The minimum atomic E-state index is 0.00999. The van der Waals surface area contributed by atoms with Crippen LogP contribution in [-0.2, 0) is 8.39 Å². The second-order valence-electron chi connectivity index (χ2n) is 3.42. The number of hydrogen-bond donors (Lipinski definition) is 0. The summed E-state index contributed by atoms with van der Waals surface area (Å²) in [5, 5.41) is 5.36. The first-order chi connectivity index (χ1) is 7.24. The summed E-state index contributed by atoms with van der Waals surface area (Å²) < 4.78 is 5.65. The van der Waals surface area contributed by atoms with E-state index < -0.39 is 0 Å². The van der Waals surface area contributed by atoms with E-state index in [1.807, 2.05) is 0 Å². The molecule has 1 aromatic rings. The third-order valence-corrected chi connectivity index (χ3v) is 5.36. The van der Waals surface area contributed by atoms with E-state index in [4.69, 9.17) is 4.74 Å². The average molecular weight is 305 g/mol. The molecule has 0 amide bonds. The molecular formula is C11H13BrOS2. The number of halogens is 1. The van der Waals surface area contributed by atoms with Crippen molar-refractivity contribution in [3.63, 3.8) is 0 Å². The van der Waals surface area contributed by atoms with Crippen molar-refractivity contribution >= 4 is 39.0 Å². The van der Waals surface area contributed by atoms with Crippen molar-refractivity contribution in [1.82, 2.24) is 0 Å². The minimum Gasteiger partial charge on any atom is -0.488 e. The highest BCUT2D eigenvalue weighted by atomic mass is 79.9. The molecule has 0 saturated carbocycles. The molecule has 1 nitrogen and oxygen atoms in total. The Morgan fingerprint density at radius 2 is 2.47 bits per heavy atom. The van der Waals surface area contributed by atoms with Gasteiger partial charge in [0.1, 0.15) is 3.66 Å². The molecule has 1 atom stereocenters. The molecule has 0 N–H and O–H groups in total. The zero-order valence-corrected chi connectivity index (χ0v) is 11.8. The Kier molecular flexibility index (Phi) is 3.80. The van der Waals surface area contributed by atoms with E-state index >= 15 is 0 Å². The third kappa shape index (κ3) is 2.60. The van der Waals surface area contributed by atoms with Crippen molar-refractivity contribution in [3.05, 3.63) is 33.6 Å². The van der Waals surface area contributed by atoms with Gasteiger partial charge in [-0.25, -0.2) is 0 Å². The molecule has 0 radical (unpaired) electrons. The van der Waals surface area contributed by atoms with Gasteiger partial charge in [0.2, 0.25) is 0 Å². The number of alkyl halides is 1. The zero-order chi connectivity index (χ0) is 10.7. The van der Waals surface area contributed by atoms with Gasteiger partial charge in [0.25, 0.3) is 0 Å². The molecule has 82 valence electrons. The van der Waals surface area contributed by atoms with Crippen LogP contribution in [0.15, 0.2) is 28.0 Å². The van der Waals surface area contributed by atoms with Crippen LogP contribution in [-0.4, -0.2) is 6.61 Å². The molecule has 1 aromatic heterocycles. The fourth-order valence-corrected chi connectivity index (χ4v) is 4.28. The van der Waals surface area contributed by atoms with Gasteiger partial charge in [0.15, 0.2) is 5.09 Å². The Balaban J connectivity index is 1.99. The second-order valence-corrected chi connectivity index (χ2v) is 7.38. The highest BCUT2D eigenvalue weighted by molar-refractivity contribution is 9.11. The van der Waals surface area contributed by atoms with Crippen LogP contribution < -0.4 is 0 Å². The maximum Gasteiger partial charge on any atom is 0.151 e. The van der Waals surface area contributed by atoms with Gasteiger partial charge in [-0.1, -0.05) is 34.6 Å². The van der Waals surface area contributed by atoms with Crippen molar-refractivity contribution in [3.8, 4) is 0 Å². The summed E-state index contributed by atoms with van der Waals surface area (Å²) >= 11 is 7.31. The van der Waals surface area contributed by atoms with E-state index in [0.29, 0.717) is 0 Å². The lowest BCUT2D eigenvalue weighted by Gasteiger charge is -2.19. The third-order valence-electron chi connectivity index (χ3n) is 2.19. The molecule has 0 fully saturated rings. The number of allylic oxidation sites excluding steroid dienone is 1. The molecule has 0 aromatic carbocycles. The molecular weight excluding hydrogens is 292 g/mol. The molecule has 15 heavy (non-hydrogen) atoms. The van der Waals surface area contributed by atoms with Crippen molar-refractivity contribution < 1.29 is 4.74 Å². The minimum absolute atomic E-state index is 0.00999. The summed E-state index contributed by atoms with van der Waals surface area (Å²) in [6, 6.07) is 2.17. The van der Waals surface area contributed by atoms with Gasteiger partial charge in [-0.2, -0.15) is 11.3 Å². The highest BCUT2D eigenvalue weighted by Crippen LogP contribution is 2.54. The summed E-state index contributed by atoms with van der Waals surface area (Å²) in [5.41, 5.74) is 1.34. The smallest absolute Gasteiger partial charge is 0.151 e. The predicted molar refractivity (Wildman–Crippen MR) is 71.5 cm³/mol. The molecule has 0 saturated heterocycles. The summed E-state index contributed by atoms with van der Waals surface area (Å²) in [4.78, 5) is 0. The Hall–Kier alpha value is 0.0700. The monoisotopic (exact) mass is 304 g/mol. The molecule has 2 rings (SSSR count). The van der Waals surface area contributed by atoms with Crippen molar-refractivity contribution in [2.45, 2.75) is 23.4 Å². The Morgan fingerprint density at radius 1 is 1.60 bits per heavy atom. The van der Waals surface area contributed by atoms with E-state index in [1.165, 1.54) is 5.56 Å². The molecule has 1 aliphatic heterocycles. The van der Waals surface area contributed by atoms with Crippen molar-refractivity contribution in [2.75, 3.05) is 6.61 Å². The van der Waals surface area contributed by atoms with Gasteiger partial charge < -0.3 is 4.74 Å². The molecule has 1 aliphatic rings. The van der Waals surface area contributed by atoms with E-state index in [1.54, 1.807) is 23.1 Å². The number of thiophene rings is 1. The van der Waals surface area contributed by atoms with Crippen LogP contribution in [0, 0.1) is 0 Å². The maximum atomic E-state index is 5.64. The van der Waals surface area contributed by atoms with Gasteiger partial charge >= 0.3 is 0 Å². The summed E-state index contributed by atoms with van der Waals surface area (Å²) in [6.07, 6.45) is 4.23. The lowest BCUT2D eigenvalue weighted by Crippen LogP contribution is -2.07. The standard InChI is InChI=1S/C11H13BrOS2/c1-2-6-13-10-3-5-11(12,15-10)9-4-7-14-8-9/h3-4,7-8H,2,5-6H2,1H3. The summed E-state index contributed by atoms with van der Waals surface area (Å²) in [5.74, 6) is 0. The number of ether oxygens (including phenoxy) is 1. The van der Waals surface area contributed by atoms with Crippen molar-refractivity contribution in [1.29, 1.82) is 0 Å². The van der Waals surface area contributed by atoms with Crippen LogP contribution in [0.2, 0.25) is 0 Å². The quantitative estimate of drug-likeness (QED) is 0.746. The topological polar surface area (TPSA) is 9.23 Å². The van der Waals surface area contributed by atoms with E-state index in [-0.39, 0.29) is 3.66 Å². The zero-order valence-electron chi connectivity index (χ0n) is 8.53. The fraction of sp³-hybridized carbons (Fsp3) is 0.455. The van der Waals surface area contributed by atoms with Crippen LogP contribution in [0.4, 0.5) is 0 Å². The van der Waals surface area contributed by atoms with Gasteiger partial charge in [-0.15, -0.1) is 0 Å². The van der Waals surface area contributed by atoms with E-state index in [2.05, 4.69) is 45.8 Å². The summed E-state index contributed by atoms with van der Waals surface area (Å²) in [6.45, 7) is 2.94. The van der Waals surface area contributed by atoms with E-state index in [0.717, 1.165) is 24.5 Å². The molecule has 0 spiro atoms. The SMILES string of the molecule is CCCOC1=CCC(Br)(c2ccsc2)S1. The molecule has 0 bridgehead atoms. The normalized spacial score (nSPS) is 25.3. The molecule has 4 heteroatoms.